The molecule has 0 aliphatic carbocycles. The summed E-state index contributed by atoms with van der Waals surface area (Å²) in [5.41, 5.74) is 14.1. The summed E-state index contributed by atoms with van der Waals surface area (Å²) in [5.74, 6) is 0. The summed E-state index contributed by atoms with van der Waals surface area (Å²) in [6, 6.07) is 79.4. The molecule has 0 aliphatic heterocycles. The molecule has 0 spiro atoms. The lowest BCUT2D eigenvalue weighted by molar-refractivity contribution is 1.18. The molecule has 2 nitrogen and oxygen atoms in total. The van der Waals surface area contributed by atoms with Gasteiger partial charge in [0.15, 0.2) is 0 Å². The summed E-state index contributed by atoms with van der Waals surface area (Å²) in [5, 5.41) is 5.12. The standard InChI is InChI=1S/C54H36N2S/c1-3-15-37(16-4-1)43-33-31-41(35-49(43)38-17-5-2-6-18-38)55(42-32-34-48-47-22-10-14-26-53(47)57-54(48)36-42)40-29-27-39(28-30-40)44-19-7-11-23-50(44)56-51-24-12-8-20-45(51)46-21-9-13-25-52(46)56/h1-36H. The van der Waals surface area contributed by atoms with Gasteiger partial charge in [0.05, 0.1) is 16.7 Å². The highest BCUT2D eigenvalue weighted by Gasteiger charge is 2.19. The topological polar surface area (TPSA) is 8.17 Å². The largest absolute Gasteiger partial charge is 0.310 e. The van der Waals surface area contributed by atoms with Gasteiger partial charge in [-0.2, -0.15) is 0 Å². The summed E-state index contributed by atoms with van der Waals surface area (Å²) < 4.78 is 5.00. The number of para-hydroxylation sites is 3. The van der Waals surface area contributed by atoms with E-state index in [9.17, 15) is 0 Å². The molecule has 2 aromatic heterocycles. The van der Waals surface area contributed by atoms with Gasteiger partial charge in [0, 0.05) is 53.6 Å². The van der Waals surface area contributed by atoms with E-state index in [-0.39, 0.29) is 0 Å². The zero-order valence-corrected chi connectivity index (χ0v) is 31.9. The fraction of sp³-hybridized carbons (Fsp3) is 0. The Morgan fingerprint density at radius 3 is 1.54 bits per heavy atom. The maximum absolute atomic E-state index is 2.42. The maximum atomic E-state index is 2.42. The molecule has 0 fully saturated rings. The van der Waals surface area contributed by atoms with Gasteiger partial charge in [0.25, 0.3) is 0 Å². The van der Waals surface area contributed by atoms with Gasteiger partial charge in [-0.05, 0) is 88.5 Å². The Bertz CT molecular complexity index is 3180. The van der Waals surface area contributed by atoms with Crippen molar-refractivity contribution >= 4 is 70.4 Å². The lowest BCUT2D eigenvalue weighted by Crippen LogP contribution is -2.10. The van der Waals surface area contributed by atoms with E-state index in [1.165, 1.54) is 81.0 Å². The van der Waals surface area contributed by atoms with Crippen LogP contribution in [0.25, 0.3) is 81.0 Å². The van der Waals surface area contributed by atoms with Crippen LogP contribution < -0.4 is 4.90 Å². The minimum atomic E-state index is 1.10. The van der Waals surface area contributed by atoms with Crippen molar-refractivity contribution in [3.8, 4) is 39.1 Å². The Morgan fingerprint density at radius 2 is 0.825 bits per heavy atom. The summed E-state index contributed by atoms with van der Waals surface area (Å²) in [7, 11) is 0. The van der Waals surface area contributed by atoms with E-state index in [2.05, 4.69) is 228 Å². The first-order valence-corrected chi connectivity index (χ1v) is 20.2. The minimum Gasteiger partial charge on any atom is -0.310 e. The molecule has 0 atom stereocenters. The summed E-state index contributed by atoms with van der Waals surface area (Å²) >= 11 is 1.86. The molecule has 57 heavy (non-hydrogen) atoms. The second-order valence-corrected chi connectivity index (χ2v) is 15.6. The van der Waals surface area contributed by atoms with Crippen LogP contribution in [-0.2, 0) is 0 Å². The van der Waals surface area contributed by atoms with Crippen LogP contribution in [0.5, 0.6) is 0 Å². The molecular formula is C54H36N2S. The Kier molecular flexibility index (Phi) is 8.04. The van der Waals surface area contributed by atoms with Gasteiger partial charge >= 0.3 is 0 Å². The summed E-state index contributed by atoms with van der Waals surface area (Å²) in [6.07, 6.45) is 0. The molecule has 0 radical (unpaired) electrons. The molecule has 268 valence electrons. The Balaban J connectivity index is 1.08. The second-order valence-electron chi connectivity index (χ2n) is 14.5. The second kappa shape index (κ2) is 13.8. The number of aromatic nitrogens is 1. The molecule has 0 aliphatic rings. The van der Waals surface area contributed by atoms with Gasteiger partial charge in [-0.1, -0.05) is 158 Å². The third kappa shape index (κ3) is 5.71. The summed E-state index contributed by atoms with van der Waals surface area (Å²) in [6.45, 7) is 0. The Morgan fingerprint density at radius 1 is 0.316 bits per heavy atom. The lowest BCUT2D eigenvalue weighted by Gasteiger charge is -2.27. The summed E-state index contributed by atoms with van der Waals surface area (Å²) in [4.78, 5) is 2.41. The van der Waals surface area contributed by atoms with Gasteiger partial charge in [-0.15, -0.1) is 11.3 Å². The number of hydrogen-bond acceptors (Lipinski definition) is 2. The van der Waals surface area contributed by atoms with E-state index < -0.39 is 0 Å². The fourth-order valence-corrected chi connectivity index (χ4v) is 9.72. The molecule has 0 N–H and O–H groups in total. The van der Waals surface area contributed by atoms with E-state index in [0.29, 0.717) is 0 Å². The Labute approximate surface area is 335 Å². The molecule has 11 aromatic rings. The molecule has 0 amide bonds. The minimum absolute atomic E-state index is 1.10. The molecular weight excluding hydrogens is 709 g/mol. The first kappa shape index (κ1) is 33.2. The average molecular weight is 745 g/mol. The van der Waals surface area contributed by atoms with Crippen molar-refractivity contribution in [2.24, 2.45) is 0 Å². The third-order valence-corrected chi connectivity index (χ3v) is 12.3. The van der Waals surface area contributed by atoms with Crippen LogP contribution in [0.3, 0.4) is 0 Å². The average Bonchev–Trinajstić information content (AvgIpc) is 3.83. The maximum Gasteiger partial charge on any atom is 0.0541 e. The normalized spacial score (nSPS) is 11.5. The van der Waals surface area contributed by atoms with Gasteiger partial charge in [0.1, 0.15) is 0 Å². The number of hydrogen-bond donors (Lipinski definition) is 0. The first-order chi connectivity index (χ1) is 28.3. The molecule has 11 rings (SSSR count). The van der Waals surface area contributed by atoms with Gasteiger partial charge in [-0.3, -0.25) is 0 Å². The predicted molar refractivity (Wildman–Crippen MR) is 245 cm³/mol. The van der Waals surface area contributed by atoms with Crippen LogP contribution in [0.4, 0.5) is 17.1 Å². The van der Waals surface area contributed by atoms with Crippen LogP contribution >= 0.6 is 11.3 Å². The fourth-order valence-electron chi connectivity index (χ4n) is 8.58. The van der Waals surface area contributed by atoms with E-state index in [1.807, 2.05) is 11.3 Å². The molecule has 0 saturated carbocycles. The molecule has 0 unspecified atom stereocenters. The van der Waals surface area contributed by atoms with E-state index in [0.717, 1.165) is 17.1 Å². The van der Waals surface area contributed by atoms with Crippen molar-refractivity contribution in [3.63, 3.8) is 0 Å². The van der Waals surface area contributed by atoms with E-state index in [4.69, 9.17) is 0 Å². The van der Waals surface area contributed by atoms with Gasteiger partial charge in [0.2, 0.25) is 0 Å². The van der Waals surface area contributed by atoms with Crippen molar-refractivity contribution in [2.45, 2.75) is 0 Å². The first-order valence-electron chi connectivity index (χ1n) is 19.4. The third-order valence-electron chi connectivity index (χ3n) is 11.2. The quantitative estimate of drug-likeness (QED) is 0.158. The lowest BCUT2D eigenvalue weighted by atomic mass is 9.93. The van der Waals surface area contributed by atoms with Crippen molar-refractivity contribution in [3.05, 3.63) is 218 Å². The molecule has 3 heteroatoms. The van der Waals surface area contributed by atoms with Crippen molar-refractivity contribution < 1.29 is 0 Å². The van der Waals surface area contributed by atoms with Gasteiger partial charge in [-0.25, -0.2) is 0 Å². The highest BCUT2D eigenvalue weighted by molar-refractivity contribution is 7.25. The highest BCUT2D eigenvalue weighted by atomic mass is 32.1. The monoisotopic (exact) mass is 744 g/mol. The predicted octanol–water partition coefficient (Wildman–Crippen LogP) is 15.6. The van der Waals surface area contributed by atoms with Crippen LogP contribution in [0, 0.1) is 0 Å². The van der Waals surface area contributed by atoms with Gasteiger partial charge < -0.3 is 9.47 Å². The number of nitrogens with zero attached hydrogens (tertiary/aromatic N) is 2. The van der Waals surface area contributed by atoms with E-state index in [1.54, 1.807) is 0 Å². The van der Waals surface area contributed by atoms with Crippen molar-refractivity contribution in [2.75, 3.05) is 4.90 Å². The smallest absolute Gasteiger partial charge is 0.0541 e. The van der Waals surface area contributed by atoms with Crippen molar-refractivity contribution in [1.82, 2.24) is 4.57 Å². The number of rotatable bonds is 7. The van der Waals surface area contributed by atoms with Crippen LogP contribution in [0.15, 0.2) is 218 Å². The SMILES string of the molecule is c1ccc(-c2ccc(N(c3ccc(-c4ccccc4-n4c5ccccc5c5ccccc54)cc3)c3ccc4c(c3)sc3ccccc34)cc2-c2ccccc2)cc1. The highest BCUT2D eigenvalue weighted by Crippen LogP contribution is 2.44. The number of fused-ring (bicyclic) bond motifs is 6. The van der Waals surface area contributed by atoms with E-state index >= 15 is 0 Å². The van der Waals surface area contributed by atoms with Crippen molar-refractivity contribution in [1.29, 1.82) is 0 Å². The molecule has 0 saturated heterocycles. The zero-order valence-electron chi connectivity index (χ0n) is 31.1. The molecule has 9 aromatic carbocycles. The number of thiophene rings is 1. The van der Waals surface area contributed by atoms with Crippen LogP contribution in [0.1, 0.15) is 0 Å². The molecule has 0 bridgehead atoms. The molecule has 2 heterocycles. The number of anilines is 3. The Hall–Kier alpha value is -7.20. The number of benzene rings is 9. The zero-order chi connectivity index (χ0) is 37.7. The van der Waals surface area contributed by atoms with Crippen LogP contribution in [0.2, 0.25) is 0 Å². The van der Waals surface area contributed by atoms with Crippen LogP contribution in [-0.4, -0.2) is 4.57 Å².